The number of nitrogens with two attached hydrogens (primary N) is 1. The van der Waals surface area contributed by atoms with E-state index in [1.54, 1.807) is 27.7 Å². The van der Waals surface area contributed by atoms with Crippen molar-refractivity contribution in [1.29, 1.82) is 0 Å². The summed E-state index contributed by atoms with van der Waals surface area (Å²) >= 11 is 0. The lowest BCUT2D eigenvalue weighted by atomic mass is 10.2. The van der Waals surface area contributed by atoms with Gasteiger partial charge in [0.25, 0.3) is 0 Å². The zero-order valence-corrected chi connectivity index (χ0v) is 15.7. The molecule has 146 valence electrons. The summed E-state index contributed by atoms with van der Waals surface area (Å²) in [6, 6.07) is 8.09. The Bertz CT molecular complexity index is 548. The highest BCUT2D eigenvalue weighted by molar-refractivity contribution is 5.80. The number of carbonyl (C=O) groups excluding carboxylic acids is 3. The summed E-state index contributed by atoms with van der Waals surface area (Å²) in [5.74, 6) is -0.818. The molecule has 0 radical (unpaired) electrons. The highest BCUT2D eigenvalue weighted by atomic mass is 16.6. The largest absolute Gasteiger partial charge is 0.465 e. The number of alkyl carbamates (subject to hydrolysis) is 1. The molecule has 1 amide bonds. The molecule has 26 heavy (non-hydrogen) atoms. The van der Waals surface area contributed by atoms with E-state index >= 15 is 0 Å². The number of nitrogens with one attached hydrogen (secondary N) is 1. The molecule has 0 aliphatic rings. The maximum atomic E-state index is 11.4. The number of esters is 2. The lowest BCUT2D eigenvalue weighted by Gasteiger charge is -2.12. The summed E-state index contributed by atoms with van der Waals surface area (Å²) in [4.78, 5) is 33.1. The fourth-order valence-corrected chi connectivity index (χ4v) is 1.54. The fourth-order valence-electron chi connectivity index (χ4n) is 1.54. The van der Waals surface area contributed by atoms with E-state index in [1.165, 1.54) is 0 Å². The molecule has 1 rings (SSSR count). The van der Waals surface area contributed by atoms with Gasteiger partial charge in [-0.1, -0.05) is 30.3 Å². The molecule has 0 spiro atoms. The second-order valence-corrected chi connectivity index (χ2v) is 5.22. The minimum atomic E-state index is -0.715. The van der Waals surface area contributed by atoms with Crippen LogP contribution in [0.15, 0.2) is 30.3 Å². The second kappa shape index (κ2) is 13.7. The zero-order valence-electron chi connectivity index (χ0n) is 15.7. The number of amides is 1. The standard InChI is InChI=1S/C13H17NO4.C5H11NO2/c1-3-17-12(15)10(2)14-13(16)18-9-11-7-5-4-6-8-11;1-3-8-5(7)4(2)6/h4-8,10H,3,9H2,1-2H3,(H,14,16);4H,3,6H2,1-2H3. The van der Waals surface area contributed by atoms with E-state index in [0.29, 0.717) is 6.61 Å². The van der Waals surface area contributed by atoms with Crippen molar-refractivity contribution in [1.82, 2.24) is 5.32 Å². The van der Waals surface area contributed by atoms with Crippen LogP contribution in [0, 0.1) is 0 Å². The number of rotatable bonds is 7. The molecular formula is C18H28N2O6. The molecule has 2 atom stereocenters. The normalized spacial score (nSPS) is 11.9. The van der Waals surface area contributed by atoms with Crippen molar-refractivity contribution in [3.8, 4) is 0 Å². The zero-order chi connectivity index (χ0) is 19.9. The summed E-state index contributed by atoms with van der Waals surface area (Å²) in [5.41, 5.74) is 6.03. The minimum absolute atomic E-state index is 0.169. The lowest BCUT2D eigenvalue weighted by Crippen LogP contribution is -2.39. The molecule has 8 heteroatoms. The molecule has 0 bridgehead atoms. The first-order valence-corrected chi connectivity index (χ1v) is 8.37. The first kappa shape index (κ1) is 23.4. The quantitative estimate of drug-likeness (QED) is 0.556. The van der Waals surface area contributed by atoms with Crippen LogP contribution < -0.4 is 11.1 Å². The Morgan fingerprint density at radius 3 is 1.96 bits per heavy atom. The van der Waals surface area contributed by atoms with Gasteiger partial charge in [-0.15, -0.1) is 0 Å². The Labute approximate surface area is 154 Å². The average Bonchev–Trinajstić information content (AvgIpc) is 2.61. The molecule has 0 saturated heterocycles. The molecule has 8 nitrogen and oxygen atoms in total. The Balaban J connectivity index is 0.000000660. The van der Waals surface area contributed by atoms with Crippen molar-refractivity contribution in [2.75, 3.05) is 13.2 Å². The van der Waals surface area contributed by atoms with E-state index in [9.17, 15) is 14.4 Å². The summed E-state index contributed by atoms with van der Waals surface area (Å²) in [6.45, 7) is 7.45. The molecule has 1 aromatic rings. The van der Waals surface area contributed by atoms with Gasteiger partial charge in [-0.25, -0.2) is 9.59 Å². The van der Waals surface area contributed by atoms with Gasteiger partial charge in [-0.2, -0.15) is 0 Å². The number of hydrogen-bond donors (Lipinski definition) is 2. The summed E-state index contributed by atoms with van der Waals surface area (Å²) < 4.78 is 14.3. The smallest absolute Gasteiger partial charge is 0.408 e. The van der Waals surface area contributed by atoms with Crippen LogP contribution in [0.1, 0.15) is 33.3 Å². The van der Waals surface area contributed by atoms with Gasteiger partial charge in [0, 0.05) is 0 Å². The van der Waals surface area contributed by atoms with E-state index in [1.807, 2.05) is 30.3 Å². The molecule has 3 N–H and O–H groups in total. The molecule has 0 saturated carbocycles. The van der Waals surface area contributed by atoms with Crippen molar-refractivity contribution in [3.05, 3.63) is 35.9 Å². The van der Waals surface area contributed by atoms with Gasteiger partial charge in [-0.05, 0) is 33.3 Å². The van der Waals surface area contributed by atoms with Crippen LogP contribution in [0.5, 0.6) is 0 Å². The number of carbonyl (C=O) groups is 3. The Kier molecular flexibility index (Phi) is 12.3. The predicted octanol–water partition coefficient (Wildman–Crippen LogP) is 1.76. The first-order valence-electron chi connectivity index (χ1n) is 8.37. The van der Waals surface area contributed by atoms with Crippen LogP contribution >= 0.6 is 0 Å². The number of benzene rings is 1. The van der Waals surface area contributed by atoms with Crippen molar-refractivity contribution >= 4 is 18.0 Å². The maximum absolute atomic E-state index is 11.4. The SMILES string of the molecule is CCOC(=O)C(C)N.CCOC(=O)C(C)NC(=O)OCc1ccccc1. The fraction of sp³-hybridized carbons (Fsp3) is 0.500. The van der Waals surface area contributed by atoms with E-state index in [4.69, 9.17) is 15.2 Å². The van der Waals surface area contributed by atoms with Crippen LogP contribution in [0.2, 0.25) is 0 Å². The Morgan fingerprint density at radius 1 is 0.962 bits per heavy atom. The molecule has 0 aliphatic heterocycles. The predicted molar refractivity (Wildman–Crippen MR) is 96.1 cm³/mol. The van der Waals surface area contributed by atoms with E-state index < -0.39 is 24.1 Å². The highest BCUT2D eigenvalue weighted by Gasteiger charge is 2.17. The third-order valence-corrected chi connectivity index (χ3v) is 2.85. The molecule has 1 aromatic carbocycles. The van der Waals surface area contributed by atoms with E-state index in [0.717, 1.165) is 5.56 Å². The van der Waals surface area contributed by atoms with Gasteiger partial charge in [0.05, 0.1) is 13.2 Å². The van der Waals surface area contributed by atoms with Gasteiger partial charge >= 0.3 is 18.0 Å². The van der Waals surface area contributed by atoms with Gasteiger partial charge in [0.1, 0.15) is 18.7 Å². The second-order valence-electron chi connectivity index (χ2n) is 5.22. The van der Waals surface area contributed by atoms with Crippen molar-refractivity contribution in [2.45, 2.75) is 46.4 Å². The number of ether oxygens (including phenoxy) is 3. The maximum Gasteiger partial charge on any atom is 0.408 e. The van der Waals surface area contributed by atoms with Crippen LogP contribution in [0.4, 0.5) is 4.79 Å². The summed E-state index contributed by atoms with van der Waals surface area (Å²) in [6.07, 6.45) is -0.639. The van der Waals surface area contributed by atoms with Crippen molar-refractivity contribution < 1.29 is 28.6 Å². The molecule has 0 heterocycles. The van der Waals surface area contributed by atoms with Crippen molar-refractivity contribution in [3.63, 3.8) is 0 Å². The number of hydrogen-bond acceptors (Lipinski definition) is 7. The molecule has 2 unspecified atom stereocenters. The van der Waals surface area contributed by atoms with E-state index in [-0.39, 0.29) is 19.2 Å². The van der Waals surface area contributed by atoms with Crippen LogP contribution in [-0.2, 0) is 30.4 Å². The Morgan fingerprint density at radius 2 is 1.50 bits per heavy atom. The van der Waals surface area contributed by atoms with Crippen molar-refractivity contribution in [2.24, 2.45) is 5.73 Å². The third-order valence-electron chi connectivity index (χ3n) is 2.85. The van der Waals surface area contributed by atoms with Crippen LogP contribution in [0.25, 0.3) is 0 Å². The topological polar surface area (TPSA) is 117 Å². The van der Waals surface area contributed by atoms with Gasteiger partial charge in [0.15, 0.2) is 0 Å². The Hall–Kier alpha value is -2.61. The lowest BCUT2D eigenvalue weighted by molar-refractivity contribution is -0.145. The average molecular weight is 368 g/mol. The molecule has 0 fully saturated rings. The van der Waals surface area contributed by atoms with Crippen LogP contribution in [-0.4, -0.2) is 43.3 Å². The molecule has 0 aromatic heterocycles. The monoisotopic (exact) mass is 368 g/mol. The van der Waals surface area contributed by atoms with Gasteiger partial charge < -0.3 is 25.3 Å². The molecule has 0 aliphatic carbocycles. The summed E-state index contributed by atoms with van der Waals surface area (Å²) in [5, 5.41) is 2.40. The van der Waals surface area contributed by atoms with Crippen LogP contribution in [0.3, 0.4) is 0 Å². The first-order chi connectivity index (χ1) is 12.3. The highest BCUT2D eigenvalue weighted by Crippen LogP contribution is 2.00. The third kappa shape index (κ3) is 11.0. The minimum Gasteiger partial charge on any atom is -0.465 e. The van der Waals surface area contributed by atoms with E-state index in [2.05, 4.69) is 10.1 Å². The van der Waals surface area contributed by atoms with Gasteiger partial charge in [-0.3, -0.25) is 4.79 Å². The van der Waals surface area contributed by atoms with Gasteiger partial charge in [0.2, 0.25) is 0 Å². The molecular weight excluding hydrogens is 340 g/mol. The summed E-state index contributed by atoms with van der Waals surface area (Å²) in [7, 11) is 0.